The fourth-order valence-electron chi connectivity index (χ4n) is 1.49. The predicted molar refractivity (Wildman–Crippen MR) is 64.4 cm³/mol. The Labute approximate surface area is 108 Å². The number of carbonyl (C=O) groups excluding carboxylic acids is 1. The first-order chi connectivity index (χ1) is 7.95. The van der Waals surface area contributed by atoms with E-state index in [2.05, 4.69) is 5.32 Å². The second-order valence-electron chi connectivity index (χ2n) is 3.97. The lowest BCUT2D eigenvalue weighted by molar-refractivity contribution is -0.147. The van der Waals surface area contributed by atoms with Crippen LogP contribution in [0.15, 0.2) is 18.2 Å². The molecule has 1 aromatic carbocycles. The summed E-state index contributed by atoms with van der Waals surface area (Å²) in [5.74, 6) is -1.60. The van der Waals surface area contributed by atoms with Gasteiger partial charge in [-0.15, -0.1) is 0 Å². The van der Waals surface area contributed by atoms with E-state index >= 15 is 0 Å². The third-order valence-corrected chi connectivity index (χ3v) is 3.51. The summed E-state index contributed by atoms with van der Waals surface area (Å²) in [6.45, 7) is 0. The van der Waals surface area contributed by atoms with Gasteiger partial charge in [0.25, 0.3) is 0 Å². The van der Waals surface area contributed by atoms with Gasteiger partial charge in [-0.3, -0.25) is 9.59 Å². The van der Waals surface area contributed by atoms with Gasteiger partial charge < -0.3 is 10.4 Å². The summed E-state index contributed by atoms with van der Waals surface area (Å²) in [5.41, 5.74) is -0.816. The van der Waals surface area contributed by atoms with Gasteiger partial charge in [0.2, 0.25) is 5.91 Å². The maximum absolute atomic E-state index is 11.8. The minimum atomic E-state index is -1.26. The van der Waals surface area contributed by atoms with Gasteiger partial charge >= 0.3 is 5.97 Å². The molecule has 0 unspecified atom stereocenters. The lowest BCUT2D eigenvalue weighted by Crippen LogP contribution is -2.31. The molecule has 4 nitrogen and oxygen atoms in total. The normalized spacial score (nSPS) is 16.4. The first-order valence-electron chi connectivity index (χ1n) is 4.95. The van der Waals surface area contributed by atoms with Crippen LogP contribution in [0.3, 0.4) is 0 Å². The van der Waals surface area contributed by atoms with Gasteiger partial charge in [0.05, 0.1) is 10.0 Å². The zero-order chi connectivity index (χ0) is 12.6. The number of anilines is 1. The average molecular weight is 274 g/mol. The van der Waals surface area contributed by atoms with Crippen molar-refractivity contribution in [2.75, 3.05) is 5.32 Å². The molecule has 0 aromatic heterocycles. The molecule has 0 aliphatic heterocycles. The number of benzene rings is 1. The SMILES string of the molecule is O=C(O)C1(C(=O)Nc2ccc(Cl)c(Cl)c2)CC1. The van der Waals surface area contributed by atoms with Crippen LogP contribution in [0.25, 0.3) is 0 Å². The molecule has 1 fully saturated rings. The highest BCUT2D eigenvalue weighted by Gasteiger charge is 2.57. The van der Waals surface area contributed by atoms with Crippen LogP contribution in [0.2, 0.25) is 10.0 Å². The average Bonchev–Trinajstić information content (AvgIpc) is 3.04. The molecule has 2 N–H and O–H groups in total. The molecule has 2 rings (SSSR count). The molecule has 6 heteroatoms. The largest absolute Gasteiger partial charge is 0.480 e. The van der Waals surface area contributed by atoms with Gasteiger partial charge in [-0.2, -0.15) is 0 Å². The van der Waals surface area contributed by atoms with Crippen molar-refractivity contribution in [1.29, 1.82) is 0 Å². The standard InChI is InChI=1S/C11H9Cl2NO3/c12-7-2-1-6(5-8(7)13)14-9(15)11(3-4-11)10(16)17/h1-2,5H,3-4H2,(H,14,15)(H,16,17). The Hall–Kier alpha value is -1.26. The Morgan fingerprint density at radius 1 is 1.24 bits per heavy atom. The molecule has 1 aliphatic carbocycles. The summed E-state index contributed by atoms with van der Waals surface area (Å²) in [7, 11) is 0. The molecule has 0 bridgehead atoms. The van der Waals surface area contributed by atoms with Crippen LogP contribution in [0.1, 0.15) is 12.8 Å². The number of carboxylic acids is 1. The first-order valence-corrected chi connectivity index (χ1v) is 5.71. The maximum Gasteiger partial charge on any atom is 0.319 e. The molecule has 1 amide bonds. The number of rotatable bonds is 3. The van der Waals surface area contributed by atoms with Crippen molar-refractivity contribution in [2.24, 2.45) is 5.41 Å². The van der Waals surface area contributed by atoms with Gasteiger partial charge in [0.15, 0.2) is 0 Å². The van der Waals surface area contributed by atoms with Crippen LogP contribution in [0.5, 0.6) is 0 Å². The van der Waals surface area contributed by atoms with Gasteiger partial charge in [-0.05, 0) is 31.0 Å². The highest BCUT2D eigenvalue weighted by atomic mass is 35.5. The quantitative estimate of drug-likeness (QED) is 0.833. The molecule has 0 spiro atoms. The Balaban J connectivity index is 2.14. The number of halogens is 2. The highest BCUT2D eigenvalue weighted by molar-refractivity contribution is 6.42. The monoisotopic (exact) mass is 273 g/mol. The summed E-state index contributed by atoms with van der Waals surface area (Å²) >= 11 is 11.5. The van der Waals surface area contributed by atoms with E-state index in [4.69, 9.17) is 28.3 Å². The van der Waals surface area contributed by atoms with Crippen LogP contribution in [0.4, 0.5) is 5.69 Å². The summed E-state index contributed by atoms with van der Waals surface area (Å²) in [5, 5.41) is 12.2. The highest BCUT2D eigenvalue weighted by Crippen LogP contribution is 2.46. The summed E-state index contributed by atoms with van der Waals surface area (Å²) in [4.78, 5) is 22.7. The molecular weight excluding hydrogens is 265 g/mol. The number of hydrogen-bond acceptors (Lipinski definition) is 2. The Morgan fingerprint density at radius 3 is 2.35 bits per heavy atom. The second kappa shape index (κ2) is 4.20. The van der Waals surface area contributed by atoms with Gasteiger partial charge in [0, 0.05) is 5.69 Å². The summed E-state index contributed by atoms with van der Waals surface area (Å²) in [6.07, 6.45) is 0.741. The van der Waals surface area contributed by atoms with Crippen molar-refractivity contribution in [3.63, 3.8) is 0 Å². The van der Waals surface area contributed by atoms with Gasteiger partial charge in [-0.1, -0.05) is 23.2 Å². The smallest absolute Gasteiger partial charge is 0.319 e. The van der Waals surface area contributed by atoms with E-state index in [1.807, 2.05) is 0 Å². The number of carbonyl (C=O) groups is 2. The van der Waals surface area contributed by atoms with E-state index < -0.39 is 17.3 Å². The van der Waals surface area contributed by atoms with Crippen LogP contribution >= 0.6 is 23.2 Å². The van der Waals surface area contributed by atoms with Crippen LogP contribution in [-0.2, 0) is 9.59 Å². The van der Waals surface area contributed by atoms with Crippen LogP contribution in [-0.4, -0.2) is 17.0 Å². The molecular formula is C11H9Cl2NO3. The van der Waals surface area contributed by atoms with E-state index in [1.165, 1.54) is 6.07 Å². The number of amides is 1. The third kappa shape index (κ3) is 2.23. The molecule has 1 aliphatic rings. The van der Waals surface area contributed by atoms with Gasteiger partial charge in [0.1, 0.15) is 5.41 Å². The second-order valence-corrected chi connectivity index (χ2v) is 4.78. The molecule has 17 heavy (non-hydrogen) atoms. The van der Waals surface area contributed by atoms with Crippen molar-refractivity contribution >= 4 is 40.8 Å². The van der Waals surface area contributed by atoms with Gasteiger partial charge in [-0.25, -0.2) is 0 Å². The lowest BCUT2D eigenvalue weighted by Gasteiger charge is -2.11. The van der Waals surface area contributed by atoms with Crippen molar-refractivity contribution in [1.82, 2.24) is 0 Å². The van der Waals surface area contributed by atoms with E-state index in [-0.39, 0.29) is 0 Å². The summed E-state index contributed by atoms with van der Waals surface area (Å²) in [6, 6.07) is 4.60. The van der Waals surface area contributed by atoms with E-state index in [0.29, 0.717) is 28.6 Å². The zero-order valence-electron chi connectivity index (χ0n) is 8.67. The predicted octanol–water partition coefficient (Wildman–Crippen LogP) is 2.80. The fourth-order valence-corrected chi connectivity index (χ4v) is 1.79. The molecule has 1 aromatic rings. The molecule has 90 valence electrons. The third-order valence-electron chi connectivity index (χ3n) is 2.77. The van der Waals surface area contributed by atoms with Crippen LogP contribution in [0, 0.1) is 5.41 Å². The van der Waals surface area contributed by atoms with E-state index in [9.17, 15) is 9.59 Å². The molecule has 0 saturated heterocycles. The number of nitrogens with one attached hydrogen (secondary N) is 1. The van der Waals surface area contributed by atoms with Crippen LogP contribution < -0.4 is 5.32 Å². The number of carboxylic acid groups (broad SMARTS) is 1. The van der Waals surface area contributed by atoms with Crippen molar-refractivity contribution < 1.29 is 14.7 Å². The summed E-state index contributed by atoms with van der Waals surface area (Å²) < 4.78 is 0. The number of aliphatic carboxylic acids is 1. The molecule has 0 radical (unpaired) electrons. The van der Waals surface area contributed by atoms with E-state index in [0.717, 1.165) is 0 Å². The minimum Gasteiger partial charge on any atom is -0.480 e. The van der Waals surface area contributed by atoms with Crippen molar-refractivity contribution in [3.05, 3.63) is 28.2 Å². The fraction of sp³-hybridized carbons (Fsp3) is 0.273. The Kier molecular flexibility index (Phi) is 3.02. The Bertz CT molecular complexity index is 497. The molecule has 1 saturated carbocycles. The van der Waals surface area contributed by atoms with Crippen molar-refractivity contribution in [2.45, 2.75) is 12.8 Å². The van der Waals surface area contributed by atoms with E-state index in [1.54, 1.807) is 12.1 Å². The molecule has 0 heterocycles. The zero-order valence-corrected chi connectivity index (χ0v) is 10.2. The molecule has 0 atom stereocenters. The lowest BCUT2D eigenvalue weighted by atomic mass is 10.1. The maximum atomic E-state index is 11.8. The Morgan fingerprint density at radius 2 is 1.88 bits per heavy atom. The van der Waals surface area contributed by atoms with Crippen molar-refractivity contribution in [3.8, 4) is 0 Å². The number of hydrogen-bond donors (Lipinski definition) is 2. The topological polar surface area (TPSA) is 66.4 Å². The minimum absolute atomic E-state index is 0.310. The first kappa shape index (κ1) is 12.2.